The summed E-state index contributed by atoms with van der Waals surface area (Å²) < 4.78 is 1.11. The third kappa shape index (κ3) is 6.90. The van der Waals surface area contributed by atoms with Gasteiger partial charge in [0.25, 0.3) is 0 Å². The van der Waals surface area contributed by atoms with Gasteiger partial charge in [0.1, 0.15) is 0 Å². The molecule has 0 aliphatic carbocycles. The Bertz CT molecular complexity index is 877. The van der Waals surface area contributed by atoms with Crippen LogP contribution in [0.2, 0.25) is 0 Å². The van der Waals surface area contributed by atoms with Gasteiger partial charge in [-0.1, -0.05) is 59.3 Å². The average Bonchev–Trinajstić information content (AvgIpc) is 2.80. The molecule has 2 saturated heterocycles. The van der Waals surface area contributed by atoms with E-state index in [1.54, 1.807) is 0 Å². The van der Waals surface area contributed by atoms with E-state index in [-0.39, 0.29) is 11.8 Å². The van der Waals surface area contributed by atoms with Gasteiger partial charge in [-0.25, -0.2) is 0 Å². The summed E-state index contributed by atoms with van der Waals surface area (Å²) in [5.41, 5.74) is 3.88. The lowest BCUT2D eigenvalue weighted by Gasteiger charge is -2.31. The van der Waals surface area contributed by atoms with Crippen molar-refractivity contribution in [3.63, 3.8) is 0 Å². The minimum absolute atomic E-state index is 0.134. The number of nitrogens with one attached hydrogen (secondary N) is 1. The normalized spacial score (nSPS) is 20.9. The minimum atomic E-state index is 0.134. The Labute approximate surface area is 201 Å². The molecule has 0 aromatic heterocycles. The number of rotatable bonds is 7. The van der Waals surface area contributed by atoms with Crippen molar-refractivity contribution in [3.8, 4) is 0 Å². The molecule has 2 aliphatic rings. The quantitative estimate of drug-likeness (QED) is 0.570. The Morgan fingerprint density at radius 2 is 1.66 bits per heavy atom. The van der Waals surface area contributed by atoms with Crippen LogP contribution in [-0.4, -0.2) is 41.9 Å². The summed E-state index contributed by atoms with van der Waals surface area (Å²) in [7, 11) is 0. The van der Waals surface area contributed by atoms with Gasteiger partial charge in [-0.05, 0) is 80.1 Å². The smallest absolute Gasteiger partial charge is 0.223 e. The predicted molar refractivity (Wildman–Crippen MR) is 134 cm³/mol. The van der Waals surface area contributed by atoms with E-state index in [1.807, 2.05) is 0 Å². The first-order valence-electron chi connectivity index (χ1n) is 12.1. The summed E-state index contributed by atoms with van der Waals surface area (Å²) in [6, 6.07) is 17.3. The molecule has 0 saturated carbocycles. The van der Waals surface area contributed by atoms with Gasteiger partial charge < -0.3 is 5.32 Å². The zero-order valence-electron chi connectivity index (χ0n) is 19.2. The second-order valence-corrected chi connectivity index (χ2v) is 10.6. The standard InChI is InChI=1S/C27H36BrN3O/c1-21-4-3-13-31(18-21)20-24-6-2-5-23(16-24)17-29-27(32)25-11-14-30(15-12-25)19-22-7-9-26(28)10-8-22/h2,5-10,16,21,25H,3-4,11-15,17-20H2,1H3,(H,29,32). The first-order chi connectivity index (χ1) is 15.5. The third-order valence-corrected chi connectivity index (χ3v) is 7.41. The van der Waals surface area contributed by atoms with Crippen molar-refractivity contribution in [3.05, 3.63) is 69.7 Å². The van der Waals surface area contributed by atoms with Crippen LogP contribution in [0.5, 0.6) is 0 Å². The Morgan fingerprint density at radius 1 is 0.938 bits per heavy atom. The highest BCUT2D eigenvalue weighted by Gasteiger charge is 2.25. The van der Waals surface area contributed by atoms with Crippen LogP contribution in [0, 0.1) is 11.8 Å². The van der Waals surface area contributed by atoms with Crippen LogP contribution in [0.25, 0.3) is 0 Å². The van der Waals surface area contributed by atoms with E-state index < -0.39 is 0 Å². The summed E-state index contributed by atoms with van der Waals surface area (Å²) in [5.74, 6) is 1.14. The number of benzene rings is 2. The van der Waals surface area contributed by atoms with Crippen molar-refractivity contribution in [1.82, 2.24) is 15.1 Å². The maximum absolute atomic E-state index is 12.8. The molecular weight excluding hydrogens is 462 g/mol. The van der Waals surface area contributed by atoms with E-state index in [0.717, 1.165) is 49.4 Å². The second kappa shape index (κ2) is 11.4. The molecule has 1 amide bonds. The maximum atomic E-state index is 12.8. The van der Waals surface area contributed by atoms with E-state index in [1.165, 1.54) is 42.6 Å². The first-order valence-corrected chi connectivity index (χ1v) is 12.9. The number of piperidine rings is 2. The predicted octanol–water partition coefficient (Wildman–Crippen LogP) is 5.21. The van der Waals surface area contributed by atoms with Gasteiger partial charge in [0.05, 0.1) is 0 Å². The maximum Gasteiger partial charge on any atom is 0.223 e. The topological polar surface area (TPSA) is 35.6 Å². The molecule has 1 N–H and O–H groups in total. The SMILES string of the molecule is CC1CCCN(Cc2cccc(CNC(=O)C3CCN(Cc4ccc(Br)cc4)CC3)c2)C1. The van der Waals surface area contributed by atoms with Gasteiger partial charge >= 0.3 is 0 Å². The van der Waals surface area contributed by atoms with Crippen LogP contribution < -0.4 is 5.32 Å². The molecule has 1 unspecified atom stereocenters. The highest BCUT2D eigenvalue weighted by molar-refractivity contribution is 9.10. The molecule has 2 fully saturated rings. The summed E-state index contributed by atoms with van der Waals surface area (Å²) in [6.07, 6.45) is 4.54. The number of amides is 1. The number of nitrogens with zero attached hydrogens (tertiary/aromatic N) is 2. The second-order valence-electron chi connectivity index (χ2n) is 9.70. The summed E-state index contributed by atoms with van der Waals surface area (Å²) in [4.78, 5) is 17.8. The highest BCUT2D eigenvalue weighted by Crippen LogP contribution is 2.21. The number of hydrogen-bond donors (Lipinski definition) is 1. The van der Waals surface area contributed by atoms with E-state index in [0.29, 0.717) is 6.54 Å². The van der Waals surface area contributed by atoms with E-state index in [9.17, 15) is 4.79 Å². The molecule has 2 heterocycles. The molecule has 2 aromatic carbocycles. The molecular formula is C27H36BrN3O. The summed E-state index contributed by atoms with van der Waals surface area (Å²) >= 11 is 3.49. The Kier molecular flexibility index (Phi) is 8.39. The largest absolute Gasteiger partial charge is 0.352 e. The lowest BCUT2D eigenvalue weighted by molar-refractivity contribution is -0.126. The van der Waals surface area contributed by atoms with Gasteiger partial charge in [-0.2, -0.15) is 0 Å². The van der Waals surface area contributed by atoms with Crippen LogP contribution in [0.1, 0.15) is 49.3 Å². The number of carbonyl (C=O) groups is 1. The van der Waals surface area contributed by atoms with Crippen LogP contribution in [0.3, 0.4) is 0 Å². The number of halogens is 1. The van der Waals surface area contributed by atoms with Gasteiger partial charge in [0.15, 0.2) is 0 Å². The molecule has 172 valence electrons. The zero-order valence-corrected chi connectivity index (χ0v) is 20.8. The summed E-state index contributed by atoms with van der Waals surface area (Å²) in [6.45, 7) is 9.32. The fourth-order valence-corrected chi connectivity index (χ4v) is 5.33. The monoisotopic (exact) mass is 497 g/mol. The van der Waals surface area contributed by atoms with E-state index in [4.69, 9.17) is 0 Å². The first kappa shape index (κ1) is 23.5. The van der Waals surface area contributed by atoms with Gasteiger partial charge in [-0.15, -0.1) is 0 Å². The third-order valence-electron chi connectivity index (χ3n) is 6.88. The Balaban J connectivity index is 1.21. The summed E-state index contributed by atoms with van der Waals surface area (Å²) in [5, 5.41) is 3.20. The minimum Gasteiger partial charge on any atom is -0.352 e. The molecule has 0 radical (unpaired) electrons. The average molecular weight is 499 g/mol. The van der Waals surface area contributed by atoms with Crippen molar-refractivity contribution in [2.45, 2.75) is 52.2 Å². The highest BCUT2D eigenvalue weighted by atomic mass is 79.9. The van der Waals surface area contributed by atoms with Crippen molar-refractivity contribution < 1.29 is 4.79 Å². The van der Waals surface area contributed by atoms with Crippen molar-refractivity contribution >= 4 is 21.8 Å². The van der Waals surface area contributed by atoms with Crippen LogP contribution in [0.4, 0.5) is 0 Å². The fourth-order valence-electron chi connectivity index (χ4n) is 5.06. The lowest BCUT2D eigenvalue weighted by Crippen LogP contribution is -2.40. The lowest BCUT2D eigenvalue weighted by atomic mass is 9.95. The van der Waals surface area contributed by atoms with Gasteiger partial charge in [0.2, 0.25) is 5.91 Å². The van der Waals surface area contributed by atoms with Gasteiger partial charge in [-0.3, -0.25) is 14.6 Å². The molecule has 4 rings (SSSR count). The van der Waals surface area contributed by atoms with Crippen molar-refractivity contribution in [2.75, 3.05) is 26.2 Å². The molecule has 0 spiro atoms. The number of likely N-dealkylation sites (tertiary alicyclic amines) is 2. The Morgan fingerprint density at radius 3 is 2.41 bits per heavy atom. The molecule has 2 aliphatic heterocycles. The zero-order chi connectivity index (χ0) is 22.3. The van der Waals surface area contributed by atoms with Gasteiger partial charge in [0, 0.05) is 36.6 Å². The number of carbonyl (C=O) groups excluding carboxylic acids is 1. The van der Waals surface area contributed by atoms with Crippen molar-refractivity contribution in [1.29, 1.82) is 0 Å². The van der Waals surface area contributed by atoms with Crippen LogP contribution in [-0.2, 0) is 24.4 Å². The molecule has 0 bridgehead atoms. The molecule has 4 nitrogen and oxygen atoms in total. The fraction of sp³-hybridized carbons (Fsp3) is 0.519. The molecule has 2 aromatic rings. The molecule has 32 heavy (non-hydrogen) atoms. The van der Waals surface area contributed by atoms with Crippen molar-refractivity contribution in [2.24, 2.45) is 11.8 Å². The molecule has 1 atom stereocenters. The van der Waals surface area contributed by atoms with Crippen LogP contribution in [0.15, 0.2) is 53.0 Å². The van der Waals surface area contributed by atoms with Crippen LogP contribution >= 0.6 is 15.9 Å². The van der Waals surface area contributed by atoms with E-state index >= 15 is 0 Å². The number of hydrogen-bond acceptors (Lipinski definition) is 3. The van der Waals surface area contributed by atoms with E-state index in [2.05, 4.69) is 86.5 Å². The Hall–Kier alpha value is -1.69. The molecule has 5 heteroatoms.